The van der Waals surface area contributed by atoms with Crippen LogP contribution in [0.5, 0.6) is 0 Å². The van der Waals surface area contributed by atoms with Gasteiger partial charge in [-0.3, -0.25) is 10.1 Å². The summed E-state index contributed by atoms with van der Waals surface area (Å²) in [7, 11) is 0. The van der Waals surface area contributed by atoms with Crippen LogP contribution in [0.25, 0.3) is 0 Å². The van der Waals surface area contributed by atoms with Crippen LogP contribution in [0.2, 0.25) is 0 Å². The Balaban J connectivity index is 2.62. The molecule has 0 saturated heterocycles. The molecule has 5 nitrogen and oxygen atoms in total. The van der Waals surface area contributed by atoms with Gasteiger partial charge in [0.05, 0.1) is 6.54 Å². The Kier molecular flexibility index (Phi) is 8.62. The van der Waals surface area contributed by atoms with E-state index in [4.69, 9.17) is 0 Å². The van der Waals surface area contributed by atoms with Crippen molar-refractivity contribution in [1.82, 2.24) is 16.0 Å². The topological polar surface area (TPSA) is 70.2 Å². The zero-order valence-corrected chi connectivity index (χ0v) is 16.3. The van der Waals surface area contributed by atoms with E-state index in [-0.39, 0.29) is 24.5 Å². The van der Waals surface area contributed by atoms with Crippen molar-refractivity contribution in [2.75, 3.05) is 6.54 Å². The lowest BCUT2D eigenvalue weighted by molar-refractivity contribution is -0.119. The summed E-state index contributed by atoms with van der Waals surface area (Å²) in [6.45, 7) is 12.4. The van der Waals surface area contributed by atoms with Gasteiger partial charge in [0, 0.05) is 12.1 Å². The first-order valence-electron chi connectivity index (χ1n) is 9.11. The van der Waals surface area contributed by atoms with Crippen LogP contribution in [0.1, 0.15) is 58.7 Å². The normalized spacial score (nSPS) is 12.5. The fraction of sp³-hybridized carbons (Fsp3) is 0.600. The molecular formula is C20H33N3O2. The van der Waals surface area contributed by atoms with Crippen LogP contribution in [0.3, 0.4) is 0 Å². The van der Waals surface area contributed by atoms with Gasteiger partial charge in [-0.15, -0.1) is 0 Å². The Hall–Kier alpha value is -1.88. The van der Waals surface area contributed by atoms with E-state index >= 15 is 0 Å². The highest BCUT2D eigenvalue weighted by Crippen LogP contribution is 2.22. The largest absolute Gasteiger partial charge is 0.336 e. The average Bonchev–Trinajstić information content (AvgIpc) is 2.47. The molecule has 0 aliphatic carbocycles. The lowest BCUT2D eigenvalue weighted by Gasteiger charge is -2.23. The van der Waals surface area contributed by atoms with Gasteiger partial charge in [0.2, 0.25) is 5.91 Å². The number of carbonyl (C=O) groups excluding carboxylic acids is 2. The Morgan fingerprint density at radius 3 is 2.04 bits per heavy atom. The number of amides is 3. The second kappa shape index (κ2) is 10.2. The quantitative estimate of drug-likeness (QED) is 0.675. The summed E-state index contributed by atoms with van der Waals surface area (Å²) in [6, 6.07) is 8.16. The van der Waals surface area contributed by atoms with Gasteiger partial charge < -0.3 is 10.6 Å². The first-order chi connectivity index (χ1) is 11.7. The molecule has 0 aliphatic rings. The van der Waals surface area contributed by atoms with Crippen LogP contribution in [-0.4, -0.2) is 24.5 Å². The molecule has 3 N–H and O–H groups in total. The minimum atomic E-state index is -0.457. The molecule has 5 heteroatoms. The first kappa shape index (κ1) is 21.2. The number of carbonyl (C=O) groups is 2. The Morgan fingerprint density at radius 2 is 1.56 bits per heavy atom. The average molecular weight is 348 g/mol. The second-order valence-electron chi connectivity index (χ2n) is 7.62. The maximum absolute atomic E-state index is 11.9. The monoisotopic (exact) mass is 347 g/mol. The van der Waals surface area contributed by atoms with E-state index in [0.29, 0.717) is 11.8 Å². The number of benzene rings is 1. The molecule has 1 aromatic rings. The fourth-order valence-electron chi connectivity index (χ4n) is 2.74. The van der Waals surface area contributed by atoms with Gasteiger partial charge in [-0.05, 0) is 43.2 Å². The lowest BCUT2D eigenvalue weighted by atomic mass is 9.94. The summed E-state index contributed by atoms with van der Waals surface area (Å²) in [5.41, 5.74) is 2.48. The molecule has 3 amide bonds. The molecule has 1 atom stereocenters. The summed E-state index contributed by atoms with van der Waals surface area (Å²) in [4.78, 5) is 23.5. The van der Waals surface area contributed by atoms with Crippen LogP contribution < -0.4 is 16.0 Å². The second-order valence-corrected chi connectivity index (χ2v) is 7.62. The van der Waals surface area contributed by atoms with Crippen molar-refractivity contribution in [3.05, 3.63) is 35.4 Å². The molecule has 0 fully saturated rings. The smallest absolute Gasteiger partial charge is 0.321 e. The van der Waals surface area contributed by atoms with E-state index in [1.165, 1.54) is 5.56 Å². The van der Waals surface area contributed by atoms with Gasteiger partial charge in [0.1, 0.15) is 0 Å². The van der Waals surface area contributed by atoms with E-state index in [0.717, 1.165) is 12.0 Å². The van der Waals surface area contributed by atoms with Crippen molar-refractivity contribution in [3.63, 3.8) is 0 Å². The molecule has 0 heterocycles. The molecule has 1 rings (SSSR count). The van der Waals surface area contributed by atoms with Crippen molar-refractivity contribution in [3.8, 4) is 0 Å². The van der Waals surface area contributed by atoms with Crippen LogP contribution in [0.4, 0.5) is 4.79 Å². The maximum atomic E-state index is 11.9. The van der Waals surface area contributed by atoms with E-state index < -0.39 is 6.03 Å². The zero-order valence-electron chi connectivity index (χ0n) is 16.3. The molecule has 0 spiro atoms. The van der Waals surface area contributed by atoms with E-state index in [1.54, 1.807) is 0 Å². The number of nitrogens with one attached hydrogen (secondary N) is 3. The fourth-order valence-corrected chi connectivity index (χ4v) is 2.74. The van der Waals surface area contributed by atoms with Crippen molar-refractivity contribution >= 4 is 11.9 Å². The third kappa shape index (κ3) is 8.16. The molecule has 0 unspecified atom stereocenters. The highest BCUT2D eigenvalue weighted by atomic mass is 16.2. The van der Waals surface area contributed by atoms with E-state index in [2.05, 4.69) is 67.9 Å². The highest BCUT2D eigenvalue weighted by Gasteiger charge is 2.17. The van der Waals surface area contributed by atoms with Crippen molar-refractivity contribution < 1.29 is 9.59 Å². The van der Waals surface area contributed by atoms with Crippen molar-refractivity contribution in [2.24, 2.45) is 11.8 Å². The van der Waals surface area contributed by atoms with Crippen LogP contribution in [0, 0.1) is 11.8 Å². The number of imide groups is 1. The maximum Gasteiger partial charge on any atom is 0.321 e. The van der Waals surface area contributed by atoms with Crippen LogP contribution >= 0.6 is 0 Å². The number of hydrogen-bond donors (Lipinski definition) is 3. The summed E-state index contributed by atoms with van der Waals surface area (Å²) in [5.74, 6) is 0.624. The van der Waals surface area contributed by atoms with Gasteiger partial charge in [-0.1, -0.05) is 52.0 Å². The Bertz CT molecular complexity index is 551. The molecule has 25 heavy (non-hydrogen) atoms. The van der Waals surface area contributed by atoms with Crippen molar-refractivity contribution in [2.45, 2.75) is 60.0 Å². The van der Waals surface area contributed by atoms with Gasteiger partial charge in [0.15, 0.2) is 0 Å². The minimum Gasteiger partial charge on any atom is -0.336 e. The van der Waals surface area contributed by atoms with Gasteiger partial charge in [-0.25, -0.2) is 4.79 Å². The highest BCUT2D eigenvalue weighted by molar-refractivity contribution is 5.95. The Labute approximate surface area is 152 Å². The minimum absolute atomic E-state index is 0.00600. The number of hydrogen-bond acceptors (Lipinski definition) is 3. The Morgan fingerprint density at radius 1 is 0.960 bits per heavy atom. The summed E-state index contributed by atoms with van der Waals surface area (Å²) in [6.07, 6.45) is 1.06. The summed E-state index contributed by atoms with van der Waals surface area (Å²) in [5, 5.41) is 8.24. The molecule has 0 saturated carbocycles. The van der Waals surface area contributed by atoms with E-state index in [1.807, 2.05) is 13.8 Å². The summed E-state index contributed by atoms with van der Waals surface area (Å²) >= 11 is 0. The lowest BCUT2D eigenvalue weighted by Crippen LogP contribution is -2.46. The predicted molar refractivity (Wildman–Crippen MR) is 102 cm³/mol. The molecule has 0 bridgehead atoms. The van der Waals surface area contributed by atoms with Crippen LogP contribution in [0.15, 0.2) is 24.3 Å². The third-order valence-electron chi connectivity index (χ3n) is 3.80. The number of urea groups is 1. The van der Waals surface area contributed by atoms with Crippen molar-refractivity contribution in [1.29, 1.82) is 0 Å². The molecule has 0 aliphatic heterocycles. The molecule has 1 aromatic carbocycles. The molecule has 140 valence electrons. The third-order valence-corrected chi connectivity index (χ3v) is 3.80. The van der Waals surface area contributed by atoms with Gasteiger partial charge in [-0.2, -0.15) is 0 Å². The van der Waals surface area contributed by atoms with Gasteiger partial charge in [0.25, 0.3) is 0 Å². The zero-order chi connectivity index (χ0) is 19.0. The predicted octanol–water partition coefficient (Wildman–Crippen LogP) is 3.41. The summed E-state index contributed by atoms with van der Waals surface area (Å²) < 4.78 is 0. The SMILES string of the molecule is CC(C)Cc1ccc([C@@H](NCC(=O)NC(=O)NC(C)C)C(C)C)cc1. The van der Waals surface area contributed by atoms with Crippen LogP contribution in [-0.2, 0) is 11.2 Å². The van der Waals surface area contributed by atoms with E-state index in [9.17, 15) is 9.59 Å². The molecule has 0 radical (unpaired) electrons. The number of rotatable bonds is 8. The first-order valence-corrected chi connectivity index (χ1v) is 9.11. The molecular weight excluding hydrogens is 314 g/mol. The standard InChI is InChI=1S/C20H33N3O2/c1-13(2)11-16-7-9-17(10-8-16)19(14(3)4)21-12-18(24)23-20(25)22-15(5)6/h7-10,13-15,19,21H,11-12H2,1-6H3,(H2,22,23,24,25)/t19-/m0/s1. The van der Waals surface area contributed by atoms with Gasteiger partial charge >= 0.3 is 6.03 Å². The molecule has 0 aromatic heterocycles.